The zero-order valence-corrected chi connectivity index (χ0v) is 18.0. The zero-order valence-electron chi connectivity index (χ0n) is 18.0. The molecule has 0 heterocycles. The smallest absolute Gasteiger partial charge is 0.240 e. The summed E-state index contributed by atoms with van der Waals surface area (Å²) in [5.41, 5.74) is 7.42. The Morgan fingerprint density at radius 2 is 1.31 bits per heavy atom. The SMILES string of the molecule is CC(C(=O)N[C@@H](Cc1cccc2ccccc12)C(N)=O)(c1ccccc1)c1ccccc1. The van der Waals surface area contributed by atoms with Gasteiger partial charge >= 0.3 is 0 Å². The molecule has 0 aliphatic carbocycles. The third-order valence-corrected chi connectivity index (χ3v) is 6.11. The molecule has 3 N–H and O–H groups in total. The van der Waals surface area contributed by atoms with Crippen molar-refractivity contribution in [3.8, 4) is 0 Å². The highest BCUT2D eigenvalue weighted by Crippen LogP contribution is 2.32. The van der Waals surface area contributed by atoms with Crippen molar-refractivity contribution in [3.63, 3.8) is 0 Å². The van der Waals surface area contributed by atoms with E-state index in [1.54, 1.807) is 0 Å². The molecule has 0 saturated heterocycles. The lowest BCUT2D eigenvalue weighted by molar-refractivity contribution is -0.129. The van der Waals surface area contributed by atoms with Gasteiger partial charge in [0.2, 0.25) is 11.8 Å². The number of benzene rings is 4. The van der Waals surface area contributed by atoms with E-state index in [0.717, 1.165) is 27.5 Å². The largest absolute Gasteiger partial charge is 0.368 e. The van der Waals surface area contributed by atoms with Crippen molar-refractivity contribution in [1.29, 1.82) is 0 Å². The first-order valence-electron chi connectivity index (χ1n) is 10.7. The van der Waals surface area contributed by atoms with E-state index in [2.05, 4.69) is 5.32 Å². The Hall–Kier alpha value is -3.92. The van der Waals surface area contributed by atoms with Gasteiger partial charge in [0.15, 0.2) is 0 Å². The molecule has 4 heteroatoms. The molecule has 0 spiro atoms. The highest BCUT2D eigenvalue weighted by molar-refractivity contribution is 5.95. The summed E-state index contributed by atoms with van der Waals surface area (Å²) in [6, 6.07) is 32.3. The summed E-state index contributed by atoms with van der Waals surface area (Å²) in [5.74, 6) is -0.825. The second-order valence-corrected chi connectivity index (χ2v) is 8.13. The van der Waals surface area contributed by atoms with Gasteiger partial charge < -0.3 is 11.1 Å². The molecule has 4 nitrogen and oxygen atoms in total. The van der Waals surface area contributed by atoms with E-state index in [0.29, 0.717) is 6.42 Å². The van der Waals surface area contributed by atoms with Crippen molar-refractivity contribution in [1.82, 2.24) is 5.32 Å². The normalized spacial score (nSPS) is 12.3. The van der Waals surface area contributed by atoms with Gasteiger partial charge in [0.25, 0.3) is 0 Å². The van der Waals surface area contributed by atoms with Crippen molar-refractivity contribution in [2.75, 3.05) is 0 Å². The minimum absolute atomic E-state index is 0.265. The summed E-state index contributed by atoms with van der Waals surface area (Å²) in [7, 11) is 0. The molecule has 1 atom stereocenters. The number of nitrogens with two attached hydrogens (primary N) is 1. The standard InChI is InChI=1S/C28H26N2O2/c1-28(22-14-4-2-5-15-22,23-16-6-3-7-17-23)27(32)30-25(26(29)31)19-21-13-10-12-20-11-8-9-18-24(20)21/h2-18,25H,19H2,1H3,(H2,29,31)(H,30,32)/t25-/m0/s1. The van der Waals surface area contributed by atoms with Crippen LogP contribution in [0.4, 0.5) is 0 Å². The molecular weight excluding hydrogens is 396 g/mol. The average molecular weight is 423 g/mol. The van der Waals surface area contributed by atoms with Crippen LogP contribution < -0.4 is 11.1 Å². The van der Waals surface area contributed by atoms with Crippen LogP contribution >= 0.6 is 0 Å². The zero-order chi connectivity index (χ0) is 22.6. The Bertz CT molecular complexity index is 1190. The summed E-state index contributed by atoms with van der Waals surface area (Å²) < 4.78 is 0. The minimum atomic E-state index is -0.977. The molecule has 0 aliphatic rings. The molecule has 4 rings (SSSR count). The van der Waals surface area contributed by atoms with Gasteiger partial charge in [-0.3, -0.25) is 9.59 Å². The first kappa shape index (κ1) is 21.3. The number of amides is 2. The maximum atomic E-state index is 13.7. The molecule has 2 amide bonds. The van der Waals surface area contributed by atoms with Crippen LogP contribution in [0.5, 0.6) is 0 Å². The molecule has 0 aliphatic heterocycles. The summed E-state index contributed by atoms with van der Waals surface area (Å²) in [6.07, 6.45) is 0.322. The van der Waals surface area contributed by atoms with Crippen LogP contribution in [-0.2, 0) is 21.4 Å². The van der Waals surface area contributed by atoms with E-state index in [1.165, 1.54) is 0 Å². The number of carbonyl (C=O) groups excluding carboxylic acids is 2. The van der Waals surface area contributed by atoms with Crippen LogP contribution in [-0.4, -0.2) is 17.9 Å². The predicted molar refractivity (Wildman–Crippen MR) is 128 cm³/mol. The monoisotopic (exact) mass is 422 g/mol. The molecule has 0 fully saturated rings. The number of hydrogen-bond acceptors (Lipinski definition) is 2. The number of fused-ring (bicyclic) bond motifs is 1. The van der Waals surface area contributed by atoms with Gasteiger partial charge in [-0.05, 0) is 34.4 Å². The summed E-state index contributed by atoms with van der Waals surface area (Å²) in [4.78, 5) is 26.1. The number of rotatable bonds is 7. The number of primary amides is 1. The maximum Gasteiger partial charge on any atom is 0.240 e. The van der Waals surface area contributed by atoms with E-state index in [-0.39, 0.29) is 5.91 Å². The molecule has 4 aromatic carbocycles. The fourth-order valence-corrected chi connectivity index (χ4v) is 4.19. The van der Waals surface area contributed by atoms with Gasteiger partial charge in [0.05, 0.1) is 5.41 Å². The lowest BCUT2D eigenvalue weighted by atomic mass is 9.75. The molecule has 160 valence electrons. The second kappa shape index (κ2) is 9.06. The van der Waals surface area contributed by atoms with Crippen molar-refractivity contribution >= 4 is 22.6 Å². The second-order valence-electron chi connectivity index (χ2n) is 8.13. The number of carbonyl (C=O) groups is 2. The van der Waals surface area contributed by atoms with E-state index in [9.17, 15) is 9.59 Å². The Labute approximate surface area is 188 Å². The lowest BCUT2D eigenvalue weighted by Gasteiger charge is -2.31. The van der Waals surface area contributed by atoms with Crippen LogP contribution in [0.1, 0.15) is 23.6 Å². The fraction of sp³-hybridized carbons (Fsp3) is 0.143. The van der Waals surface area contributed by atoms with Crippen LogP contribution in [0.15, 0.2) is 103 Å². The topological polar surface area (TPSA) is 72.2 Å². The van der Waals surface area contributed by atoms with Gasteiger partial charge in [-0.25, -0.2) is 0 Å². The Morgan fingerprint density at radius 3 is 1.91 bits per heavy atom. The first-order chi connectivity index (χ1) is 15.5. The molecular formula is C28H26N2O2. The minimum Gasteiger partial charge on any atom is -0.368 e. The Morgan fingerprint density at radius 1 is 0.781 bits per heavy atom. The third kappa shape index (κ3) is 4.12. The van der Waals surface area contributed by atoms with E-state index in [4.69, 9.17) is 5.73 Å². The third-order valence-electron chi connectivity index (χ3n) is 6.11. The van der Waals surface area contributed by atoms with Gasteiger partial charge in [0, 0.05) is 6.42 Å². The molecule has 0 unspecified atom stereocenters. The van der Waals surface area contributed by atoms with Gasteiger partial charge in [0.1, 0.15) is 6.04 Å². The van der Waals surface area contributed by atoms with Crippen molar-refractivity contribution in [3.05, 3.63) is 120 Å². The lowest BCUT2D eigenvalue weighted by Crippen LogP contribution is -2.52. The van der Waals surface area contributed by atoms with Crippen LogP contribution in [0.25, 0.3) is 10.8 Å². The van der Waals surface area contributed by atoms with Gasteiger partial charge in [-0.15, -0.1) is 0 Å². The van der Waals surface area contributed by atoms with Gasteiger partial charge in [-0.2, -0.15) is 0 Å². The molecule has 32 heavy (non-hydrogen) atoms. The van der Waals surface area contributed by atoms with E-state index < -0.39 is 17.4 Å². The Kier molecular flexibility index (Phi) is 6.04. The average Bonchev–Trinajstić information content (AvgIpc) is 2.84. The predicted octanol–water partition coefficient (Wildman–Crippen LogP) is 4.36. The van der Waals surface area contributed by atoms with E-state index >= 15 is 0 Å². The van der Waals surface area contributed by atoms with Gasteiger partial charge in [-0.1, -0.05) is 103 Å². The molecule has 4 aromatic rings. The number of nitrogens with one attached hydrogen (secondary N) is 1. The maximum absolute atomic E-state index is 13.7. The molecule has 0 aromatic heterocycles. The van der Waals surface area contributed by atoms with Crippen molar-refractivity contribution < 1.29 is 9.59 Å². The molecule has 0 saturated carbocycles. The number of hydrogen-bond donors (Lipinski definition) is 2. The highest BCUT2D eigenvalue weighted by Gasteiger charge is 2.38. The molecule has 0 radical (unpaired) electrons. The Balaban J connectivity index is 1.69. The van der Waals surface area contributed by atoms with Crippen molar-refractivity contribution in [2.24, 2.45) is 5.73 Å². The summed E-state index contributed by atoms with van der Waals surface area (Å²) >= 11 is 0. The summed E-state index contributed by atoms with van der Waals surface area (Å²) in [5, 5.41) is 5.08. The van der Waals surface area contributed by atoms with Crippen LogP contribution in [0.3, 0.4) is 0 Å². The summed E-state index contributed by atoms with van der Waals surface area (Å²) in [6.45, 7) is 1.88. The highest BCUT2D eigenvalue weighted by atomic mass is 16.2. The van der Waals surface area contributed by atoms with Crippen LogP contribution in [0.2, 0.25) is 0 Å². The fourth-order valence-electron chi connectivity index (χ4n) is 4.19. The van der Waals surface area contributed by atoms with Crippen molar-refractivity contribution in [2.45, 2.75) is 24.8 Å². The molecule has 0 bridgehead atoms. The van der Waals surface area contributed by atoms with Crippen LogP contribution in [0, 0.1) is 0 Å². The quantitative estimate of drug-likeness (QED) is 0.465. The van der Waals surface area contributed by atoms with E-state index in [1.807, 2.05) is 110 Å². The first-order valence-corrected chi connectivity index (χ1v) is 10.7.